The summed E-state index contributed by atoms with van der Waals surface area (Å²) in [5.74, 6) is -0.410. The Morgan fingerprint density at radius 2 is 2.14 bits per heavy atom. The molecule has 0 radical (unpaired) electrons. The number of aryl methyl sites for hydroxylation is 1. The number of aromatic amines is 1. The molecule has 3 rings (SSSR count). The molecule has 5 nitrogen and oxygen atoms in total. The molecule has 0 bridgehead atoms. The lowest BCUT2D eigenvalue weighted by atomic mass is 10.2. The standard InChI is InChI=1S/C19H12BrClFN3O2S/c1-10-8-25(19(28)24-18(10)26)9-12-2-3-15(20)17(16(12)22)27-14-5-11(7-23)4-13(21)6-14/h2-6,8H,9H2,1H3,(H,24,26,28). The van der Waals surface area contributed by atoms with Crippen molar-refractivity contribution in [2.45, 2.75) is 13.5 Å². The molecule has 0 aliphatic heterocycles. The number of halogens is 3. The van der Waals surface area contributed by atoms with Gasteiger partial charge >= 0.3 is 0 Å². The van der Waals surface area contributed by atoms with E-state index in [1.165, 1.54) is 18.2 Å². The third-order valence-corrected chi connectivity index (χ3v) is 5.06. The SMILES string of the molecule is Cc1cn(Cc2ccc(Br)c(Oc3cc(Cl)cc(C#N)c3)c2F)c(=S)[nH]c1=O. The summed E-state index contributed by atoms with van der Waals surface area (Å²) in [5, 5.41) is 9.36. The largest absolute Gasteiger partial charge is 0.453 e. The number of benzene rings is 2. The van der Waals surface area contributed by atoms with Gasteiger partial charge in [-0.15, -0.1) is 0 Å². The average molecular weight is 481 g/mol. The Morgan fingerprint density at radius 1 is 1.39 bits per heavy atom. The normalized spacial score (nSPS) is 10.5. The number of nitriles is 1. The zero-order chi connectivity index (χ0) is 20.4. The molecule has 0 unspecified atom stereocenters. The van der Waals surface area contributed by atoms with Gasteiger partial charge in [-0.2, -0.15) is 5.26 Å². The number of nitrogens with zero attached hydrogens (tertiary/aromatic N) is 2. The van der Waals surface area contributed by atoms with E-state index in [1.54, 1.807) is 29.8 Å². The second-order valence-corrected chi connectivity index (χ2v) is 7.62. The van der Waals surface area contributed by atoms with E-state index in [4.69, 9.17) is 33.8 Å². The van der Waals surface area contributed by atoms with Gasteiger partial charge in [0.2, 0.25) is 0 Å². The Hall–Kier alpha value is -2.47. The maximum absolute atomic E-state index is 15.1. The van der Waals surface area contributed by atoms with Crippen molar-refractivity contribution < 1.29 is 9.13 Å². The van der Waals surface area contributed by atoms with Gasteiger partial charge in [-0.1, -0.05) is 17.7 Å². The van der Waals surface area contributed by atoms with Gasteiger partial charge in [0.05, 0.1) is 22.7 Å². The van der Waals surface area contributed by atoms with E-state index < -0.39 is 5.82 Å². The van der Waals surface area contributed by atoms with Crippen LogP contribution in [0.1, 0.15) is 16.7 Å². The Bertz CT molecular complexity index is 1230. The summed E-state index contributed by atoms with van der Waals surface area (Å²) in [6.45, 7) is 1.74. The topological polar surface area (TPSA) is 70.8 Å². The first-order valence-electron chi connectivity index (χ1n) is 7.94. The predicted octanol–water partition coefficient (Wildman–Crippen LogP) is 5.48. The molecule has 0 fully saturated rings. The fraction of sp³-hybridized carbons (Fsp3) is 0.105. The van der Waals surface area contributed by atoms with Crippen LogP contribution < -0.4 is 10.3 Å². The van der Waals surface area contributed by atoms with E-state index >= 15 is 4.39 Å². The maximum Gasteiger partial charge on any atom is 0.254 e. The summed E-state index contributed by atoms with van der Waals surface area (Å²) < 4.78 is 22.9. The minimum absolute atomic E-state index is 0.0451. The van der Waals surface area contributed by atoms with Crippen LogP contribution in [0.3, 0.4) is 0 Å². The van der Waals surface area contributed by atoms with Gasteiger partial charge in [-0.3, -0.25) is 9.78 Å². The Kier molecular flexibility index (Phi) is 5.98. The van der Waals surface area contributed by atoms with Gasteiger partial charge in [0.1, 0.15) is 5.75 Å². The van der Waals surface area contributed by atoms with Crippen molar-refractivity contribution in [3.8, 4) is 17.6 Å². The van der Waals surface area contributed by atoms with E-state index in [1.807, 2.05) is 6.07 Å². The highest BCUT2D eigenvalue weighted by molar-refractivity contribution is 9.10. The second kappa shape index (κ2) is 8.27. The van der Waals surface area contributed by atoms with Crippen LogP contribution in [0.4, 0.5) is 4.39 Å². The third-order valence-electron chi connectivity index (χ3n) is 3.88. The molecule has 142 valence electrons. The lowest BCUT2D eigenvalue weighted by Gasteiger charge is -2.14. The van der Waals surface area contributed by atoms with Crippen LogP contribution in [-0.2, 0) is 6.54 Å². The van der Waals surface area contributed by atoms with Crippen molar-refractivity contribution in [1.82, 2.24) is 9.55 Å². The fourth-order valence-electron chi connectivity index (χ4n) is 2.51. The van der Waals surface area contributed by atoms with Gasteiger partial charge in [0, 0.05) is 22.3 Å². The molecule has 9 heteroatoms. The number of rotatable bonds is 4. The minimum Gasteiger partial charge on any atom is -0.453 e. The predicted molar refractivity (Wildman–Crippen MR) is 110 cm³/mol. The number of ether oxygens (including phenoxy) is 1. The molecule has 1 heterocycles. The van der Waals surface area contributed by atoms with Crippen molar-refractivity contribution in [2.24, 2.45) is 0 Å². The lowest BCUT2D eigenvalue weighted by molar-refractivity contribution is 0.434. The number of hydrogen-bond donors (Lipinski definition) is 1. The molecule has 1 N–H and O–H groups in total. The van der Waals surface area contributed by atoms with Crippen molar-refractivity contribution >= 4 is 39.7 Å². The number of aromatic nitrogens is 2. The molecule has 0 atom stereocenters. The molecular formula is C19H12BrClFN3O2S. The summed E-state index contributed by atoms with van der Waals surface area (Å²) in [6, 6.07) is 9.64. The Balaban J connectivity index is 2.00. The monoisotopic (exact) mass is 479 g/mol. The van der Waals surface area contributed by atoms with E-state index in [0.717, 1.165) is 0 Å². The molecule has 0 saturated heterocycles. The van der Waals surface area contributed by atoms with Crippen LogP contribution in [0, 0.1) is 28.8 Å². The first-order valence-corrected chi connectivity index (χ1v) is 9.52. The zero-order valence-electron chi connectivity index (χ0n) is 14.4. The van der Waals surface area contributed by atoms with Crippen LogP contribution in [0.2, 0.25) is 5.02 Å². The summed E-state index contributed by atoms with van der Waals surface area (Å²) in [5.41, 5.74) is 0.787. The van der Waals surface area contributed by atoms with Crippen LogP contribution in [0.25, 0.3) is 0 Å². The molecular weight excluding hydrogens is 469 g/mol. The highest BCUT2D eigenvalue weighted by Crippen LogP contribution is 2.35. The van der Waals surface area contributed by atoms with Crippen LogP contribution >= 0.6 is 39.7 Å². The molecule has 0 aliphatic rings. The first kappa shape index (κ1) is 20.3. The van der Waals surface area contributed by atoms with Gasteiger partial charge in [0.25, 0.3) is 5.56 Å². The molecule has 0 saturated carbocycles. The number of hydrogen-bond acceptors (Lipinski definition) is 4. The van der Waals surface area contributed by atoms with Crippen molar-refractivity contribution in [3.63, 3.8) is 0 Å². The molecule has 3 aromatic rings. The minimum atomic E-state index is -0.599. The quantitative estimate of drug-likeness (QED) is 0.502. The maximum atomic E-state index is 15.1. The van der Waals surface area contributed by atoms with E-state index in [2.05, 4.69) is 20.9 Å². The first-order chi connectivity index (χ1) is 13.3. The smallest absolute Gasteiger partial charge is 0.254 e. The van der Waals surface area contributed by atoms with Crippen molar-refractivity contribution in [3.05, 3.63) is 83.7 Å². The van der Waals surface area contributed by atoms with Crippen LogP contribution in [-0.4, -0.2) is 9.55 Å². The van der Waals surface area contributed by atoms with Crippen LogP contribution in [0.5, 0.6) is 11.5 Å². The lowest BCUT2D eigenvalue weighted by Crippen LogP contribution is -2.16. The molecule has 2 aromatic carbocycles. The van der Waals surface area contributed by atoms with Gasteiger partial charge < -0.3 is 9.30 Å². The molecule has 0 spiro atoms. The van der Waals surface area contributed by atoms with Gasteiger partial charge in [0.15, 0.2) is 16.3 Å². The highest BCUT2D eigenvalue weighted by Gasteiger charge is 2.16. The van der Waals surface area contributed by atoms with E-state index in [0.29, 0.717) is 26.2 Å². The van der Waals surface area contributed by atoms with E-state index in [9.17, 15) is 4.79 Å². The highest BCUT2D eigenvalue weighted by atomic mass is 79.9. The third kappa shape index (κ3) is 4.33. The summed E-state index contributed by atoms with van der Waals surface area (Å²) in [7, 11) is 0. The summed E-state index contributed by atoms with van der Waals surface area (Å²) in [6.07, 6.45) is 1.57. The summed E-state index contributed by atoms with van der Waals surface area (Å²) >= 11 is 14.4. The zero-order valence-corrected chi connectivity index (χ0v) is 17.6. The van der Waals surface area contributed by atoms with E-state index in [-0.39, 0.29) is 28.4 Å². The van der Waals surface area contributed by atoms with Crippen molar-refractivity contribution in [2.75, 3.05) is 0 Å². The number of H-pyrrole nitrogens is 1. The molecule has 28 heavy (non-hydrogen) atoms. The number of nitrogens with one attached hydrogen (secondary N) is 1. The fourth-order valence-corrected chi connectivity index (χ4v) is 3.33. The van der Waals surface area contributed by atoms with Gasteiger partial charge in [-0.05, 0) is 59.3 Å². The van der Waals surface area contributed by atoms with Gasteiger partial charge in [-0.25, -0.2) is 4.39 Å². The molecule has 0 aliphatic carbocycles. The molecule has 1 aromatic heterocycles. The van der Waals surface area contributed by atoms with Crippen LogP contribution in [0.15, 0.2) is 45.8 Å². The average Bonchev–Trinajstić information content (AvgIpc) is 2.64. The Labute approximate surface area is 178 Å². The Morgan fingerprint density at radius 3 is 2.86 bits per heavy atom. The van der Waals surface area contributed by atoms with Crippen molar-refractivity contribution in [1.29, 1.82) is 5.26 Å². The molecule has 0 amide bonds. The second-order valence-electron chi connectivity index (χ2n) is 5.94. The summed E-state index contributed by atoms with van der Waals surface area (Å²) in [4.78, 5) is 14.2.